The molecule has 0 aliphatic heterocycles. The minimum atomic E-state index is -5.40. The van der Waals surface area contributed by atoms with Gasteiger partial charge in [-0.3, -0.25) is 4.68 Å². The maximum absolute atomic E-state index is 12.8. The second-order valence-electron chi connectivity index (χ2n) is 4.41. The molecule has 9 heteroatoms. The molecule has 3 nitrogen and oxygen atoms in total. The zero-order valence-electron chi connectivity index (χ0n) is 10.9. The van der Waals surface area contributed by atoms with Gasteiger partial charge in [0.2, 0.25) is 0 Å². The van der Waals surface area contributed by atoms with Crippen LogP contribution in [0.5, 0.6) is 0 Å². The summed E-state index contributed by atoms with van der Waals surface area (Å²) in [6.07, 6.45) is -9.09. The van der Waals surface area contributed by atoms with Crippen molar-refractivity contribution in [1.29, 1.82) is 0 Å². The molecule has 0 amide bonds. The summed E-state index contributed by atoms with van der Waals surface area (Å²) in [5.74, 6) is -3.49. The molecule has 1 rings (SSSR count). The van der Waals surface area contributed by atoms with Crippen LogP contribution in [-0.2, 0) is 7.05 Å². The molecule has 1 N–H and O–H groups in total. The lowest BCUT2D eigenvalue weighted by molar-refractivity contribution is -0.293. The van der Waals surface area contributed by atoms with E-state index in [1.807, 2.05) is 0 Å². The lowest BCUT2D eigenvalue weighted by Crippen LogP contribution is -2.46. The van der Waals surface area contributed by atoms with Crippen molar-refractivity contribution in [1.82, 2.24) is 15.1 Å². The molecule has 1 aromatic rings. The third-order valence-electron chi connectivity index (χ3n) is 2.71. The Labute approximate surface area is 112 Å². The molecule has 0 fully saturated rings. The van der Waals surface area contributed by atoms with Gasteiger partial charge in [-0.2, -0.15) is 31.4 Å². The first kappa shape index (κ1) is 16.8. The highest BCUT2D eigenvalue weighted by Gasteiger charge is 2.60. The Bertz CT molecular complexity index is 409. The van der Waals surface area contributed by atoms with E-state index in [0.717, 1.165) is 6.07 Å². The number of nitrogens with zero attached hydrogens (tertiary/aromatic N) is 2. The van der Waals surface area contributed by atoms with Gasteiger partial charge in [0, 0.05) is 13.2 Å². The van der Waals surface area contributed by atoms with Gasteiger partial charge in [-0.15, -0.1) is 0 Å². The number of rotatable bonds is 5. The molecule has 0 radical (unpaired) electrons. The Morgan fingerprint density at radius 2 is 1.75 bits per heavy atom. The van der Waals surface area contributed by atoms with Gasteiger partial charge in [0.25, 0.3) is 0 Å². The number of nitrogens with one attached hydrogen (secondary N) is 1. The first-order chi connectivity index (χ1) is 9.07. The van der Waals surface area contributed by atoms with E-state index in [9.17, 15) is 26.3 Å². The average molecular weight is 303 g/mol. The van der Waals surface area contributed by atoms with Crippen LogP contribution in [0.25, 0.3) is 0 Å². The summed E-state index contributed by atoms with van der Waals surface area (Å²) < 4.78 is 77.9. The summed E-state index contributed by atoms with van der Waals surface area (Å²) in [5.41, 5.74) is -0.277. The number of aryl methyl sites for hydroxylation is 1. The third-order valence-corrected chi connectivity index (χ3v) is 2.71. The van der Waals surface area contributed by atoms with Crippen LogP contribution in [-0.4, -0.2) is 28.7 Å². The molecular formula is C11H15F6N3. The first-order valence-electron chi connectivity index (χ1n) is 5.93. The van der Waals surface area contributed by atoms with Crippen molar-refractivity contribution < 1.29 is 26.3 Å². The highest BCUT2D eigenvalue weighted by molar-refractivity contribution is 5.09. The molecule has 1 unspecified atom stereocenters. The van der Waals surface area contributed by atoms with Crippen molar-refractivity contribution in [3.63, 3.8) is 0 Å². The van der Waals surface area contributed by atoms with E-state index >= 15 is 0 Å². The number of hydrogen-bond donors (Lipinski definition) is 1. The first-order valence-corrected chi connectivity index (χ1v) is 5.93. The summed E-state index contributed by atoms with van der Waals surface area (Å²) in [5, 5.41) is 5.96. The number of hydrogen-bond acceptors (Lipinski definition) is 2. The van der Waals surface area contributed by atoms with Crippen molar-refractivity contribution in [2.75, 3.05) is 6.54 Å². The zero-order valence-corrected chi connectivity index (χ0v) is 10.9. The Hall–Kier alpha value is -1.25. The van der Waals surface area contributed by atoms with Gasteiger partial charge in [-0.05, 0) is 19.0 Å². The van der Waals surface area contributed by atoms with Gasteiger partial charge in [-0.25, -0.2) is 0 Å². The van der Waals surface area contributed by atoms with E-state index in [2.05, 4.69) is 10.4 Å². The predicted molar refractivity (Wildman–Crippen MR) is 59.8 cm³/mol. The highest BCUT2D eigenvalue weighted by atomic mass is 19.4. The van der Waals surface area contributed by atoms with Crippen molar-refractivity contribution in [3.05, 3.63) is 18.0 Å². The van der Waals surface area contributed by atoms with Crippen LogP contribution in [0, 0.1) is 5.92 Å². The number of aromatic nitrogens is 2. The van der Waals surface area contributed by atoms with Crippen LogP contribution in [0.1, 0.15) is 25.1 Å². The van der Waals surface area contributed by atoms with E-state index < -0.39 is 24.3 Å². The van der Waals surface area contributed by atoms with E-state index in [0.29, 0.717) is 6.42 Å². The van der Waals surface area contributed by atoms with Crippen molar-refractivity contribution >= 4 is 0 Å². The fraction of sp³-hybridized carbons (Fsp3) is 0.727. The molecule has 0 spiro atoms. The Morgan fingerprint density at radius 1 is 1.20 bits per heavy atom. The largest absolute Gasteiger partial charge is 0.402 e. The molecule has 116 valence electrons. The average Bonchev–Trinajstić information content (AvgIpc) is 2.67. The van der Waals surface area contributed by atoms with Crippen molar-refractivity contribution in [2.24, 2.45) is 13.0 Å². The van der Waals surface area contributed by atoms with Crippen LogP contribution < -0.4 is 5.32 Å². The van der Waals surface area contributed by atoms with Crippen LogP contribution in [0.3, 0.4) is 0 Å². The second kappa shape index (κ2) is 6.02. The summed E-state index contributed by atoms with van der Waals surface area (Å²) >= 11 is 0. The normalized spacial score (nSPS) is 14.8. The van der Waals surface area contributed by atoms with E-state index in [1.54, 1.807) is 6.92 Å². The molecule has 1 aromatic heterocycles. The lowest BCUT2D eigenvalue weighted by Gasteiger charge is -2.30. The minimum absolute atomic E-state index is 0.0316. The number of alkyl halides is 6. The Morgan fingerprint density at radius 3 is 2.10 bits per heavy atom. The molecule has 1 atom stereocenters. The third kappa shape index (κ3) is 4.12. The minimum Gasteiger partial charge on any atom is -0.308 e. The molecule has 0 aliphatic rings. The molecule has 20 heavy (non-hydrogen) atoms. The summed E-state index contributed by atoms with van der Waals surface area (Å²) in [4.78, 5) is 0. The quantitative estimate of drug-likeness (QED) is 0.847. The fourth-order valence-corrected chi connectivity index (χ4v) is 1.86. The van der Waals surface area contributed by atoms with E-state index in [1.165, 1.54) is 17.9 Å². The Kier molecular flexibility index (Phi) is 5.06. The molecule has 0 saturated carbocycles. The van der Waals surface area contributed by atoms with Crippen LogP contribution in [0.2, 0.25) is 0 Å². The summed E-state index contributed by atoms with van der Waals surface area (Å²) in [6, 6.07) is -0.797. The van der Waals surface area contributed by atoms with Crippen LogP contribution in [0.15, 0.2) is 12.3 Å². The van der Waals surface area contributed by atoms with E-state index in [4.69, 9.17) is 0 Å². The SMILES string of the molecule is CCCNC(c1ccn(C)n1)C(C(F)(F)F)C(F)(F)F. The predicted octanol–water partition coefficient (Wildman–Crippen LogP) is 3.20. The Balaban J connectivity index is 3.18. The standard InChI is InChI=1S/C11H15F6N3/c1-3-5-18-8(7-4-6-20(2)19-7)9(10(12,13)14)11(15,16)17/h4,6,8-9,18H,3,5H2,1-2H3. The summed E-state index contributed by atoms with van der Waals surface area (Å²) in [6.45, 7) is 1.68. The molecule has 1 heterocycles. The van der Waals surface area contributed by atoms with Crippen LogP contribution >= 0.6 is 0 Å². The second-order valence-corrected chi connectivity index (χ2v) is 4.41. The maximum atomic E-state index is 12.8. The highest BCUT2D eigenvalue weighted by Crippen LogP contribution is 2.46. The summed E-state index contributed by atoms with van der Waals surface area (Å²) in [7, 11) is 1.43. The van der Waals surface area contributed by atoms with Gasteiger partial charge < -0.3 is 5.32 Å². The van der Waals surface area contributed by atoms with Crippen molar-refractivity contribution in [2.45, 2.75) is 31.7 Å². The maximum Gasteiger partial charge on any atom is 0.402 e. The van der Waals surface area contributed by atoms with Gasteiger partial charge in [-0.1, -0.05) is 6.92 Å². The van der Waals surface area contributed by atoms with Gasteiger partial charge in [0.1, 0.15) is 0 Å². The van der Waals surface area contributed by atoms with E-state index in [-0.39, 0.29) is 12.2 Å². The molecule has 0 aliphatic carbocycles. The molecule has 0 aromatic carbocycles. The monoisotopic (exact) mass is 303 g/mol. The van der Waals surface area contributed by atoms with Crippen molar-refractivity contribution in [3.8, 4) is 0 Å². The number of halogens is 6. The van der Waals surface area contributed by atoms with Crippen LogP contribution in [0.4, 0.5) is 26.3 Å². The van der Waals surface area contributed by atoms with Gasteiger partial charge in [0.05, 0.1) is 11.7 Å². The smallest absolute Gasteiger partial charge is 0.308 e. The van der Waals surface area contributed by atoms with Gasteiger partial charge >= 0.3 is 12.4 Å². The molecular weight excluding hydrogens is 288 g/mol. The molecule has 0 bridgehead atoms. The lowest BCUT2D eigenvalue weighted by atomic mass is 9.95. The topological polar surface area (TPSA) is 29.9 Å². The molecule has 0 saturated heterocycles. The fourth-order valence-electron chi connectivity index (χ4n) is 1.86. The zero-order chi connectivity index (χ0) is 15.6. The van der Waals surface area contributed by atoms with Gasteiger partial charge in [0.15, 0.2) is 5.92 Å².